The van der Waals surface area contributed by atoms with Gasteiger partial charge in [-0.1, -0.05) is 95.5 Å². The molecule has 2 aromatic carbocycles. The van der Waals surface area contributed by atoms with Crippen molar-refractivity contribution in [2.45, 2.75) is 0 Å². The molecule has 3 nitrogen and oxygen atoms in total. The highest BCUT2D eigenvalue weighted by molar-refractivity contribution is 7.72. The van der Waals surface area contributed by atoms with E-state index in [2.05, 4.69) is 10.1 Å². The van der Waals surface area contributed by atoms with Crippen molar-refractivity contribution in [1.82, 2.24) is 4.98 Å². The highest BCUT2D eigenvalue weighted by Crippen LogP contribution is 2.54. The molecule has 0 unspecified atom stereocenters. The molecular formula is C23H16Cl3N2OPS2. The minimum atomic E-state index is -3.37. The van der Waals surface area contributed by atoms with Gasteiger partial charge in [-0.25, -0.2) is 4.98 Å². The molecule has 32 heavy (non-hydrogen) atoms. The molecule has 0 aliphatic carbocycles. The van der Waals surface area contributed by atoms with Gasteiger partial charge in [-0.2, -0.15) is 0 Å². The lowest BCUT2D eigenvalue weighted by Gasteiger charge is -2.13. The Hall–Kier alpha value is -1.85. The predicted octanol–water partition coefficient (Wildman–Crippen LogP) is 9.69. The Morgan fingerprint density at radius 2 is 1.44 bits per heavy atom. The molecule has 1 N–H and O–H groups in total. The van der Waals surface area contributed by atoms with Gasteiger partial charge in [0.15, 0.2) is 5.13 Å². The van der Waals surface area contributed by atoms with Gasteiger partial charge in [-0.15, -0.1) is 22.7 Å². The van der Waals surface area contributed by atoms with Gasteiger partial charge in [0.2, 0.25) is 7.29 Å². The maximum atomic E-state index is 14.0. The van der Waals surface area contributed by atoms with Crippen LogP contribution in [-0.4, -0.2) is 4.98 Å². The van der Waals surface area contributed by atoms with E-state index >= 15 is 0 Å². The maximum absolute atomic E-state index is 14.0. The zero-order valence-electron chi connectivity index (χ0n) is 16.4. The largest absolute Gasteiger partial charge is 0.306 e. The second-order valence-electron chi connectivity index (χ2n) is 6.65. The first kappa shape index (κ1) is 23.3. The first-order chi connectivity index (χ1) is 15.4. The molecule has 0 radical (unpaired) electrons. The molecule has 0 bridgehead atoms. The zero-order chi connectivity index (χ0) is 22.6. The van der Waals surface area contributed by atoms with E-state index in [1.165, 1.54) is 34.3 Å². The lowest BCUT2D eigenvalue weighted by molar-refractivity contribution is 0.589. The number of nitrogens with one attached hydrogen (secondary N) is 1. The molecule has 0 fully saturated rings. The maximum Gasteiger partial charge on any atom is 0.217 e. The molecule has 0 saturated heterocycles. The summed E-state index contributed by atoms with van der Waals surface area (Å²) in [5.74, 6) is 3.02. The minimum absolute atomic E-state index is 0.358. The summed E-state index contributed by atoms with van der Waals surface area (Å²) < 4.78 is 14.7. The molecule has 0 aliphatic heterocycles. The van der Waals surface area contributed by atoms with E-state index in [1.807, 2.05) is 78.2 Å². The van der Waals surface area contributed by atoms with Crippen LogP contribution in [0.15, 0.2) is 89.8 Å². The summed E-state index contributed by atoms with van der Waals surface area (Å²) in [6.07, 6.45) is 0. The highest BCUT2D eigenvalue weighted by Gasteiger charge is 2.21. The minimum Gasteiger partial charge on any atom is -0.306 e. The Balaban J connectivity index is 1.71. The monoisotopic (exact) mass is 536 g/mol. The predicted molar refractivity (Wildman–Crippen MR) is 142 cm³/mol. The van der Waals surface area contributed by atoms with Crippen LogP contribution in [0.2, 0.25) is 4.34 Å². The fourth-order valence-electron chi connectivity index (χ4n) is 2.82. The average Bonchev–Trinajstić information content (AvgIpc) is 3.43. The topological polar surface area (TPSA) is 42.0 Å². The molecule has 162 valence electrons. The second kappa shape index (κ2) is 10.4. The first-order valence-corrected chi connectivity index (χ1v) is 14.1. The van der Waals surface area contributed by atoms with Crippen molar-refractivity contribution in [3.63, 3.8) is 0 Å². The van der Waals surface area contributed by atoms with Gasteiger partial charge in [0.25, 0.3) is 0 Å². The van der Waals surface area contributed by atoms with Crippen LogP contribution in [0.4, 0.5) is 5.13 Å². The summed E-state index contributed by atoms with van der Waals surface area (Å²) in [6.45, 7) is 0. The fourth-order valence-corrected chi connectivity index (χ4v) is 7.74. The molecule has 4 aromatic rings. The molecule has 4 rings (SSSR count). The summed E-state index contributed by atoms with van der Waals surface area (Å²) >= 11 is 21.9. The first-order valence-electron chi connectivity index (χ1n) is 9.38. The van der Waals surface area contributed by atoms with Crippen LogP contribution in [-0.2, 0) is 4.57 Å². The summed E-state index contributed by atoms with van der Waals surface area (Å²) in [5.41, 5.74) is 2.28. The van der Waals surface area contributed by atoms with Crippen LogP contribution in [0, 0.1) is 0 Å². The lowest BCUT2D eigenvalue weighted by Crippen LogP contribution is -1.94. The van der Waals surface area contributed by atoms with Crippen LogP contribution in [0.5, 0.6) is 0 Å². The van der Waals surface area contributed by atoms with Gasteiger partial charge in [-0.3, -0.25) is 4.57 Å². The number of aromatic nitrogens is 1. The molecule has 9 heteroatoms. The quantitative estimate of drug-likeness (QED) is 0.239. The third kappa shape index (κ3) is 5.93. The van der Waals surface area contributed by atoms with Crippen molar-refractivity contribution in [3.05, 3.63) is 105 Å². The molecular weight excluding hydrogens is 522 g/mol. The molecule has 0 spiro atoms. The van der Waals surface area contributed by atoms with Crippen molar-refractivity contribution in [2.24, 2.45) is 0 Å². The van der Waals surface area contributed by atoms with E-state index in [4.69, 9.17) is 34.8 Å². The molecule has 0 atom stereocenters. The number of anilines is 1. The summed E-state index contributed by atoms with van der Waals surface area (Å²) in [7, 11) is -3.37. The van der Waals surface area contributed by atoms with Crippen LogP contribution in [0.3, 0.4) is 0 Å². The van der Waals surface area contributed by atoms with Crippen molar-refractivity contribution in [3.8, 4) is 10.6 Å². The Morgan fingerprint density at radius 1 is 0.875 bits per heavy atom. The van der Waals surface area contributed by atoms with E-state index in [1.54, 1.807) is 0 Å². The molecule has 0 aliphatic rings. The number of hydrogen-bond donors (Lipinski definition) is 1. The van der Waals surface area contributed by atoms with Crippen molar-refractivity contribution >= 4 is 80.0 Å². The number of halogens is 3. The SMILES string of the molecule is O=P(C=C(Cl)c1ccccc1)(C=C(Cl)c1ccccc1)Nc1nc(-c2ccc(Cl)s2)cs1. The molecule has 0 saturated carbocycles. The van der Waals surface area contributed by atoms with Crippen LogP contribution in [0.1, 0.15) is 11.1 Å². The summed E-state index contributed by atoms with van der Waals surface area (Å²) in [4.78, 5) is 5.52. The average molecular weight is 538 g/mol. The smallest absolute Gasteiger partial charge is 0.217 e. The van der Waals surface area contributed by atoms with Crippen molar-refractivity contribution < 1.29 is 4.57 Å². The second-order valence-corrected chi connectivity index (χ2v) is 12.2. The van der Waals surface area contributed by atoms with E-state index < -0.39 is 7.29 Å². The van der Waals surface area contributed by atoms with Gasteiger partial charge in [0.05, 0.1) is 25.0 Å². The fraction of sp³-hybridized carbons (Fsp3) is 0. The van der Waals surface area contributed by atoms with Crippen LogP contribution < -0.4 is 5.09 Å². The molecule has 0 amide bonds. The Bertz CT molecular complexity index is 1260. The normalized spacial score (nSPS) is 14.2. The Labute approximate surface area is 209 Å². The van der Waals surface area contributed by atoms with Gasteiger partial charge in [-0.05, 0) is 23.3 Å². The highest BCUT2D eigenvalue weighted by atomic mass is 35.5. The van der Waals surface area contributed by atoms with Crippen LogP contribution in [0.25, 0.3) is 20.6 Å². The third-order valence-corrected chi connectivity index (χ3v) is 9.28. The van der Waals surface area contributed by atoms with Gasteiger partial charge >= 0.3 is 0 Å². The zero-order valence-corrected chi connectivity index (χ0v) is 21.2. The van der Waals surface area contributed by atoms with Gasteiger partial charge < -0.3 is 5.09 Å². The van der Waals surface area contributed by atoms with E-state index in [-0.39, 0.29) is 0 Å². The summed E-state index contributed by atoms with van der Waals surface area (Å²) in [5, 5.41) is 6.17. The van der Waals surface area contributed by atoms with Crippen molar-refractivity contribution in [1.29, 1.82) is 0 Å². The lowest BCUT2D eigenvalue weighted by atomic mass is 10.2. The number of nitrogens with zero attached hydrogens (tertiary/aromatic N) is 1. The van der Waals surface area contributed by atoms with Gasteiger partial charge in [0, 0.05) is 17.0 Å². The van der Waals surface area contributed by atoms with Gasteiger partial charge in [0.1, 0.15) is 0 Å². The number of thiophene rings is 1. The molecule has 2 heterocycles. The van der Waals surface area contributed by atoms with E-state index in [9.17, 15) is 4.57 Å². The van der Waals surface area contributed by atoms with Crippen LogP contribution >= 0.6 is 64.8 Å². The number of hydrogen-bond acceptors (Lipinski definition) is 4. The standard InChI is InChI=1S/C23H16Cl3N2OPS2/c24-18(16-7-3-1-4-8-16)13-30(29,14-19(25)17-9-5-2-6-10-17)28-23-27-20(15-31-23)21-11-12-22(26)32-21/h1-15H,(H,27,28,29). The number of thiazole rings is 1. The summed E-state index contributed by atoms with van der Waals surface area (Å²) in [6, 6.07) is 22.4. The Kier molecular flexibility index (Phi) is 7.57. The Morgan fingerprint density at radius 3 is 1.94 bits per heavy atom. The van der Waals surface area contributed by atoms with E-state index in [0.717, 1.165) is 21.7 Å². The molecule has 2 aromatic heterocycles. The van der Waals surface area contributed by atoms with Crippen molar-refractivity contribution in [2.75, 3.05) is 5.09 Å². The van der Waals surface area contributed by atoms with E-state index in [0.29, 0.717) is 19.5 Å². The third-order valence-electron chi connectivity index (χ3n) is 4.31. The number of rotatable bonds is 7. The number of benzene rings is 2.